The van der Waals surface area contributed by atoms with Crippen LogP contribution in [0.2, 0.25) is 0 Å². The summed E-state index contributed by atoms with van der Waals surface area (Å²) < 4.78 is 10.7. The second-order valence-corrected chi connectivity index (χ2v) is 5.02. The molecule has 1 heterocycles. The van der Waals surface area contributed by atoms with Gasteiger partial charge >= 0.3 is 5.97 Å². The van der Waals surface area contributed by atoms with E-state index >= 15 is 0 Å². The maximum Gasteiger partial charge on any atom is 0.339 e. The first-order valence-corrected chi connectivity index (χ1v) is 5.83. The predicted octanol–water partition coefficient (Wildman–Crippen LogP) is 3.90. The average Bonchev–Trinajstić information content (AvgIpc) is 2.80. The molecule has 0 radical (unpaired) electrons. The Morgan fingerprint density at radius 1 is 1.11 bits per heavy atom. The molecular formula is C15H16O3. The molecule has 0 unspecified atom stereocenters. The summed E-state index contributed by atoms with van der Waals surface area (Å²) in [5, 5.41) is 0. The molecule has 0 amide bonds. The van der Waals surface area contributed by atoms with E-state index in [0.717, 1.165) is 5.56 Å². The van der Waals surface area contributed by atoms with Gasteiger partial charge in [0, 0.05) is 5.56 Å². The average molecular weight is 244 g/mol. The minimum absolute atomic E-state index is 0.338. The van der Waals surface area contributed by atoms with Gasteiger partial charge in [-0.3, -0.25) is 0 Å². The second kappa shape index (κ2) is 4.69. The van der Waals surface area contributed by atoms with E-state index in [1.54, 1.807) is 18.4 Å². The molecule has 2 aromatic rings. The summed E-state index contributed by atoms with van der Waals surface area (Å²) in [5.74, 6) is 0.325. The maximum atomic E-state index is 12.1. The molecule has 0 spiro atoms. The number of carbonyl (C=O) groups is 1. The number of hydrogen-bond acceptors (Lipinski definition) is 3. The van der Waals surface area contributed by atoms with Crippen molar-refractivity contribution in [1.82, 2.24) is 0 Å². The largest absolute Gasteiger partial charge is 0.464 e. The van der Waals surface area contributed by atoms with Gasteiger partial charge in [0.1, 0.15) is 11.4 Å². The highest BCUT2D eigenvalue weighted by Crippen LogP contribution is 2.25. The van der Waals surface area contributed by atoms with Crippen LogP contribution >= 0.6 is 0 Å². The fourth-order valence-electron chi connectivity index (χ4n) is 1.64. The van der Waals surface area contributed by atoms with Crippen molar-refractivity contribution in [2.24, 2.45) is 0 Å². The predicted molar refractivity (Wildman–Crippen MR) is 69.3 cm³/mol. The van der Waals surface area contributed by atoms with Crippen molar-refractivity contribution < 1.29 is 13.9 Å². The van der Waals surface area contributed by atoms with E-state index in [-0.39, 0.29) is 5.97 Å². The lowest BCUT2D eigenvalue weighted by molar-refractivity contribution is 0.00703. The number of rotatable bonds is 2. The zero-order chi connectivity index (χ0) is 13.2. The van der Waals surface area contributed by atoms with Crippen LogP contribution in [0, 0.1) is 0 Å². The van der Waals surface area contributed by atoms with E-state index in [9.17, 15) is 4.79 Å². The van der Waals surface area contributed by atoms with Gasteiger partial charge in [0.25, 0.3) is 0 Å². The molecule has 0 bridgehead atoms. The fraction of sp³-hybridized carbons (Fsp3) is 0.267. The lowest BCUT2D eigenvalue weighted by atomic mass is 10.1. The smallest absolute Gasteiger partial charge is 0.339 e. The van der Waals surface area contributed by atoms with Crippen molar-refractivity contribution >= 4 is 5.97 Å². The van der Waals surface area contributed by atoms with Crippen LogP contribution in [0.5, 0.6) is 0 Å². The molecule has 18 heavy (non-hydrogen) atoms. The third kappa shape index (κ3) is 2.80. The number of benzene rings is 1. The topological polar surface area (TPSA) is 39.4 Å². The molecule has 1 aromatic heterocycles. The molecular weight excluding hydrogens is 228 g/mol. The lowest BCUT2D eigenvalue weighted by Crippen LogP contribution is -2.24. The van der Waals surface area contributed by atoms with Gasteiger partial charge in [-0.2, -0.15) is 0 Å². The molecule has 94 valence electrons. The molecule has 3 heteroatoms. The van der Waals surface area contributed by atoms with E-state index in [4.69, 9.17) is 9.15 Å². The number of esters is 1. The Bertz CT molecular complexity index is 533. The van der Waals surface area contributed by atoms with Gasteiger partial charge in [-0.05, 0) is 39.0 Å². The Balaban J connectivity index is 2.37. The second-order valence-electron chi connectivity index (χ2n) is 5.02. The Morgan fingerprint density at radius 3 is 2.44 bits per heavy atom. The zero-order valence-electron chi connectivity index (χ0n) is 10.8. The van der Waals surface area contributed by atoms with Gasteiger partial charge in [-0.1, -0.05) is 18.2 Å². The molecule has 0 atom stereocenters. The summed E-state index contributed by atoms with van der Waals surface area (Å²) in [6, 6.07) is 10.9. The summed E-state index contributed by atoms with van der Waals surface area (Å²) >= 11 is 0. The van der Waals surface area contributed by atoms with Crippen molar-refractivity contribution in [3.05, 3.63) is 48.2 Å². The van der Waals surface area contributed by atoms with Crippen LogP contribution in [0.3, 0.4) is 0 Å². The quantitative estimate of drug-likeness (QED) is 0.752. The number of ether oxygens (including phenoxy) is 1. The summed E-state index contributed by atoms with van der Waals surface area (Å²) in [4.78, 5) is 12.1. The Kier molecular flexibility index (Phi) is 3.24. The SMILES string of the molecule is CC(C)(C)OC(=O)c1ccccc1-c1ccco1. The van der Waals surface area contributed by atoms with Crippen molar-refractivity contribution in [1.29, 1.82) is 0 Å². The summed E-state index contributed by atoms with van der Waals surface area (Å²) in [6.45, 7) is 5.54. The van der Waals surface area contributed by atoms with Crippen LogP contribution in [-0.4, -0.2) is 11.6 Å². The van der Waals surface area contributed by atoms with Gasteiger partial charge in [-0.15, -0.1) is 0 Å². The minimum atomic E-state index is -0.507. The molecule has 0 saturated heterocycles. The minimum Gasteiger partial charge on any atom is -0.464 e. The maximum absolute atomic E-state index is 12.1. The van der Waals surface area contributed by atoms with E-state index in [1.807, 2.05) is 45.0 Å². The Labute approximate surface area is 106 Å². The zero-order valence-corrected chi connectivity index (χ0v) is 10.8. The van der Waals surface area contributed by atoms with E-state index in [1.165, 1.54) is 0 Å². The van der Waals surface area contributed by atoms with Crippen LogP contribution in [0.1, 0.15) is 31.1 Å². The van der Waals surface area contributed by atoms with E-state index < -0.39 is 5.60 Å². The first kappa shape index (κ1) is 12.4. The highest BCUT2D eigenvalue weighted by Gasteiger charge is 2.21. The van der Waals surface area contributed by atoms with Gasteiger partial charge in [0.15, 0.2) is 0 Å². The molecule has 0 N–H and O–H groups in total. The van der Waals surface area contributed by atoms with E-state index in [2.05, 4.69) is 0 Å². The highest BCUT2D eigenvalue weighted by atomic mass is 16.6. The fourth-order valence-corrected chi connectivity index (χ4v) is 1.64. The van der Waals surface area contributed by atoms with Gasteiger partial charge in [0.2, 0.25) is 0 Å². The molecule has 0 aliphatic rings. The van der Waals surface area contributed by atoms with Crippen LogP contribution in [0.4, 0.5) is 0 Å². The molecule has 0 saturated carbocycles. The van der Waals surface area contributed by atoms with Crippen molar-refractivity contribution in [3.8, 4) is 11.3 Å². The number of furan rings is 1. The third-order valence-electron chi connectivity index (χ3n) is 2.33. The van der Waals surface area contributed by atoms with Crippen LogP contribution in [0.15, 0.2) is 47.1 Å². The van der Waals surface area contributed by atoms with Gasteiger partial charge in [0.05, 0.1) is 11.8 Å². The first-order valence-electron chi connectivity index (χ1n) is 5.83. The first-order chi connectivity index (χ1) is 8.47. The summed E-state index contributed by atoms with van der Waals surface area (Å²) in [6.07, 6.45) is 1.58. The Hall–Kier alpha value is -2.03. The third-order valence-corrected chi connectivity index (χ3v) is 2.33. The molecule has 1 aromatic carbocycles. The van der Waals surface area contributed by atoms with Crippen LogP contribution in [-0.2, 0) is 4.74 Å². The number of hydrogen-bond donors (Lipinski definition) is 0. The Morgan fingerprint density at radius 2 is 1.83 bits per heavy atom. The highest BCUT2D eigenvalue weighted by molar-refractivity contribution is 5.96. The van der Waals surface area contributed by atoms with Crippen molar-refractivity contribution in [2.75, 3.05) is 0 Å². The molecule has 0 fully saturated rings. The van der Waals surface area contributed by atoms with Crippen molar-refractivity contribution in [3.63, 3.8) is 0 Å². The monoisotopic (exact) mass is 244 g/mol. The number of carbonyl (C=O) groups excluding carboxylic acids is 1. The van der Waals surface area contributed by atoms with Gasteiger partial charge in [-0.25, -0.2) is 4.79 Å². The van der Waals surface area contributed by atoms with Crippen LogP contribution in [0.25, 0.3) is 11.3 Å². The summed E-state index contributed by atoms with van der Waals surface area (Å²) in [5.41, 5.74) is 0.756. The normalized spacial score (nSPS) is 11.3. The lowest BCUT2D eigenvalue weighted by Gasteiger charge is -2.20. The molecule has 0 aliphatic carbocycles. The summed E-state index contributed by atoms with van der Waals surface area (Å²) in [7, 11) is 0. The molecule has 3 nitrogen and oxygen atoms in total. The van der Waals surface area contributed by atoms with Crippen molar-refractivity contribution in [2.45, 2.75) is 26.4 Å². The van der Waals surface area contributed by atoms with E-state index in [0.29, 0.717) is 11.3 Å². The molecule has 2 rings (SSSR count). The van der Waals surface area contributed by atoms with Gasteiger partial charge < -0.3 is 9.15 Å². The van der Waals surface area contributed by atoms with Crippen LogP contribution < -0.4 is 0 Å². The standard InChI is InChI=1S/C15H16O3/c1-15(2,3)18-14(16)12-8-5-4-7-11(12)13-9-6-10-17-13/h4-10H,1-3H3. The molecule has 0 aliphatic heterocycles.